The van der Waals surface area contributed by atoms with E-state index in [1.54, 1.807) is 10.8 Å². The Labute approximate surface area is 111 Å². The van der Waals surface area contributed by atoms with Gasteiger partial charge in [0, 0.05) is 6.42 Å². The molecule has 0 aromatic carbocycles. The normalized spacial score (nSPS) is 23.6. The van der Waals surface area contributed by atoms with E-state index in [1.807, 2.05) is 6.08 Å². The summed E-state index contributed by atoms with van der Waals surface area (Å²) in [6.45, 7) is 0. The van der Waals surface area contributed by atoms with Gasteiger partial charge >= 0.3 is 0 Å². The molecule has 2 unspecified atom stereocenters. The Balaban J connectivity index is 2.18. The monoisotopic (exact) mass is 343 g/mol. The second kappa shape index (κ2) is 3.91. The number of hydrogen-bond acceptors (Lipinski definition) is 5. The van der Waals surface area contributed by atoms with Crippen molar-refractivity contribution in [2.24, 2.45) is 0 Å². The maximum atomic E-state index is 9.51. The molecule has 0 fully saturated rings. The summed E-state index contributed by atoms with van der Waals surface area (Å²) in [5.74, 6) is 0.438. The third-order valence-corrected chi connectivity index (χ3v) is 3.58. The number of aromatic nitrogens is 4. The zero-order valence-electron chi connectivity index (χ0n) is 8.79. The van der Waals surface area contributed by atoms with Gasteiger partial charge in [0.05, 0.1) is 17.5 Å². The number of hydrogen-bond donors (Lipinski definition) is 2. The quantitative estimate of drug-likeness (QED) is 0.593. The molecule has 3 rings (SSSR count). The van der Waals surface area contributed by atoms with E-state index < -0.39 is 6.10 Å². The second-order valence-corrected chi connectivity index (χ2v) is 4.97. The molecule has 0 bridgehead atoms. The Morgan fingerprint density at radius 2 is 2.24 bits per heavy atom. The fourth-order valence-corrected chi connectivity index (χ4v) is 2.78. The molecular formula is C10H10IN5O. The molecule has 3 N–H and O–H groups in total. The third kappa shape index (κ3) is 1.69. The van der Waals surface area contributed by atoms with Crippen molar-refractivity contribution in [3.05, 3.63) is 22.2 Å². The lowest BCUT2D eigenvalue weighted by atomic mass is 10.2. The highest BCUT2D eigenvalue weighted by Crippen LogP contribution is 2.29. The first-order valence-corrected chi connectivity index (χ1v) is 6.25. The Hall–Kier alpha value is -1.22. The van der Waals surface area contributed by atoms with E-state index in [-0.39, 0.29) is 6.04 Å². The number of anilines is 1. The van der Waals surface area contributed by atoms with Gasteiger partial charge in [0.1, 0.15) is 15.8 Å². The molecule has 0 saturated carbocycles. The molecule has 0 amide bonds. The van der Waals surface area contributed by atoms with E-state index >= 15 is 0 Å². The summed E-state index contributed by atoms with van der Waals surface area (Å²) in [5.41, 5.74) is 6.53. The van der Waals surface area contributed by atoms with Crippen molar-refractivity contribution in [1.29, 1.82) is 0 Å². The largest absolute Gasteiger partial charge is 0.389 e. The number of halogens is 1. The van der Waals surface area contributed by atoms with Gasteiger partial charge < -0.3 is 10.8 Å². The number of aliphatic hydroxyl groups is 1. The van der Waals surface area contributed by atoms with Crippen molar-refractivity contribution in [2.75, 3.05) is 5.73 Å². The molecule has 88 valence electrons. The highest BCUT2D eigenvalue weighted by molar-refractivity contribution is 14.1. The fourth-order valence-electron chi connectivity index (χ4n) is 2.03. The average Bonchev–Trinajstić information content (AvgIpc) is 2.84. The van der Waals surface area contributed by atoms with Crippen molar-refractivity contribution < 1.29 is 5.11 Å². The Bertz CT molecular complexity index is 608. The van der Waals surface area contributed by atoms with Gasteiger partial charge in [0.25, 0.3) is 0 Å². The van der Waals surface area contributed by atoms with E-state index in [4.69, 9.17) is 5.73 Å². The SMILES string of the molecule is Nc1ncnc2c1c(I)nn2C1C=CC(O)C1. The van der Waals surface area contributed by atoms with Gasteiger partial charge in [-0.05, 0) is 22.6 Å². The summed E-state index contributed by atoms with van der Waals surface area (Å²) in [5, 5.41) is 14.7. The summed E-state index contributed by atoms with van der Waals surface area (Å²) in [7, 11) is 0. The van der Waals surface area contributed by atoms with Crippen molar-refractivity contribution in [1.82, 2.24) is 19.7 Å². The predicted molar refractivity (Wildman–Crippen MR) is 71.3 cm³/mol. The number of allylic oxidation sites excluding steroid dienone is 1. The van der Waals surface area contributed by atoms with E-state index in [9.17, 15) is 5.11 Å². The van der Waals surface area contributed by atoms with Crippen LogP contribution in [-0.4, -0.2) is 31.0 Å². The van der Waals surface area contributed by atoms with Crippen LogP contribution >= 0.6 is 22.6 Å². The van der Waals surface area contributed by atoms with E-state index in [2.05, 4.69) is 37.7 Å². The highest BCUT2D eigenvalue weighted by Gasteiger charge is 2.23. The van der Waals surface area contributed by atoms with Crippen LogP contribution in [0.15, 0.2) is 18.5 Å². The van der Waals surface area contributed by atoms with Gasteiger partial charge in [-0.15, -0.1) is 0 Å². The molecule has 0 saturated heterocycles. The highest BCUT2D eigenvalue weighted by atomic mass is 127. The van der Waals surface area contributed by atoms with Gasteiger partial charge in [0.2, 0.25) is 0 Å². The number of fused-ring (bicyclic) bond motifs is 1. The van der Waals surface area contributed by atoms with Gasteiger partial charge in [-0.1, -0.05) is 12.2 Å². The first-order chi connectivity index (χ1) is 8.16. The third-order valence-electron chi connectivity index (χ3n) is 2.83. The van der Waals surface area contributed by atoms with Crippen LogP contribution in [0.2, 0.25) is 0 Å². The Morgan fingerprint density at radius 3 is 2.94 bits per heavy atom. The van der Waals surface area contributed by atoms with Gasteiger partial charge in [-0.3, -0.25) is 0 Å². The number of rotatable bonds is 1. The lowest BCUT2D eigenvalue weighted by Crippen LogP contribution is -2.10. The topological polar surface area (TPSA) is 89.9 Å². The summed E-state index contributed by atoms with van der Waals surface area (Å²) < 4.78 is 2.58. The van der Waals surface area contributed by atoms with Crippen LogP contribution in [-0.2, 0) is 0 Å². The fraction of sp³-hybridized carbons (Fsp3) is 0.300. The van der Waals surface area contributed by atoms with Crippen LogP contribution in [0, 0.1) is 3.70 Å². The van der Waals surface area contributed by atoms with Crippen LogP contribution in [0.25, 0.3) is 11.0 Å². The molecule has 17 heavy (non-hydrogen) atoms. The zero-order valence-corrected chi connectivity index (χ0v) is 10.9. The Kier molecular flexibility index (Phi) is 2.51. The number of nitrogens with two attached hydrogens (primary N) is 1. The molecule has 2 atom stereocenters. The smallest absolute Gasteiger partial charge is 0.165 e. The maximum Gasteiger partial charge on any atom is 0.165 e. The Morgan fingerprint density at radius 1 is 1.41 bits per heavy atom. The molecule has 0 spiro atoms. The second-order valence-electron chi connectivity index (χ2n) is 3.95. The summed E-state index contributed by atoms with van der Waals surface area (Å²) in [6, 6.07) is 0.0327. The van der Waals surface area contributed by atoms with E-state index in [0.717, 1.165) is 9.09 Å². The maximum absolute atomic E-state index is 9.51. The van der Waals surface area contributed by atoms with Crippen LogP contribution in [0.3, 0.4) is 0 Å². The van der Waals surface area contributed by atoms with Crippen LogP contribution < -0.4 is 5.73 Å². The molecule has 1 aliphatic carbocycles. The first-order valence-electron chi connectivity index (χ1n) is 5.17. The molecule has 2 aromatic rings. The molecule has 2 heterocycles. The van der Waals surface area contributed by atoms with Crippen molar-refractivity contribution in [3.8, 4) is 0 Å². The zero-order chi connectivity index (χ0) is 12.0. The molecular weight excluding hydrogens is 333 g/mol. The molecule has 1 aliphatic rings. The van der Waals surface area contributed by atoms with Crippen molar-refractivity contribution in [2.45, 2.75) is 18.6 Å². The van der Waals surface area contributed by atoms with Gasteiger partial charge in [0.15, 0.2) is 5.65 Å². The standard InChI is InChI=1S/C10H10IN5O/c11-8-7-9(12)13-4-14-10(7)16(15-8)5-1-2-6(17)3-5/h1-2,4-6,17H,3H2,(H2,12,13,14). The summed E-state index contributed by atoms with van der Waals surface area (Å²) in [6.07, 6.45) is 5.36. The first kappa shape index (κ1) is 10.9. The summed E-state index contributed by atoms with van der Waals surface area (Å²) in [4.78, 5) is 8.19. The van der Waals surface area contributed by atoms with Crippen LogP contribution in [0.1, 0.15) is 12.5 Å². The summed E-state index contributed by atoms with van der Waals surface area (Å²) >= 11 is 2.12. The number of nitrogens with zero attached hydrogens (tertiary/aromatic N) is 4. The number of nitrogen functional groups attached to an aromatic ring is 1. The van der Waals surface area contributed by atoms with Gasteiger partial charge in [-0.25, -0.2) is 14.6 Å². The molecule has 0 radical (unpaired) electrons. The number of aliphatic hydroxyl groups excluding tert-OH is 1. The predicted octanol–water partition coefficient (Wildman–Crippen LogP) is 0.875. The molecule has 6 nitrogen and oxygen atoms in total. The molecule has 7 heteroatoms. The minimum Gasteiger partial charge on any atom is -0.389 e. The van der Waals surface area contributed by atoms with Gasteiger partial charge in [-0.2, -0.15) is 5.10 Å². The lowest BCUT2D eigenvalue weighted by Gasteiger charge is -2.09. The molecule has 0 aliphatic heterocycles. The minimum absolute atomic E-state index is 0.0327. The van der Waals surface area contributed by atoms with Crippen molar-refractivity contribution in [3.63, 3.8) is 0 Å². The minimum atomic E-state index is -0.406. The van der Waals surface area contributed by atoms with Crippen LogP contribution in [0.5, 0.6) is 0 Å². The van der Waals surface area contributed by atoms with Crippen molar-refractivity contribution >= 4 is 39.4 Å². The van der Waals surface area contributed by atoms with E-state index in [1.165, 1.54) is 6.33 Å². The average molecular weight is 343 g/mol. The molecule has 2 aromatic heterocycles. The lowest BCUT2D eigenvalue weighted by molar-refractivity contribution is 0.209. The van der Waals surface area contributed by atoms with Crippen LogP contribution in [0.4, 0.5) is 5.82 Å². The van der Waals surface area contributed by atoms with E-state index in [0.29, 0.717) is 17.9 Å².